The molecule has 4 heteroatoms. The number of amides is 1. The Morgan fingerprint density at radius 1 is 1.47 bits per heavy atom. The molecule has 1 aromatic carbocycles. The molecule has 1 amide bonds. The SMILES string of the molecule is CC(C)C(Br)CNC(=O)Cc1cccc(O)c1. The maximum absolute atomic E-state index is 11.6. The van der Waals surface area contributed by atoms with Crippen LogP contribution in [-0.2, 0) is 11.2 Å². The molecule has 0 spiro atoms. The minimum atomic E-state index is -0.0271. The number of halogens is 1. The van der Waals surface area contributed by atoms with Gasteiger partial charge in [0.05, 0.1) is 6.42 Å². The van der Waals surface area contributed by atoms with Crippen LogP contribution in [0.4, 0.5) is 0 Å². The Balaban J connectivity index is 2.40. The van der Waals surface area contributed by atoms with Crippen LogP contribution in [0, 0.1) is 5.92 Å². The van der Waals surface area contributed by atoms with Crippen molar-refractivity contribution in [3.8, 4) is 5.75 Å². The van der Waals surface area contributed by atoms with E-state index in [1.807, 2.05) is 6.07 Å². The van der Waals surface area contributed by atoms with Gasteiger partial charge in [0.25, 0.3) is 0 Å². The van der Waals surface area contributed by atoms with Crippen molar-refractivity contribution in [2.24, 2.45) is 5.92 Å². The molecule has 3 nitrogen and oxygen atoms in total. The normalized spacial score (nSPS) is 12.5. The van der Waals surface area contributed by atoms with Gasteiger partial charge in [-0.2, -0.15) is 0 Å². The minimum absolute atomic E-state index is 0.0271. The van der Waals surface area contributed by atoms with E-state index in [1.165, 1.54) is 0 Å². The lowest BCUT2D eigenvalue weighted by atomic mass is 10.1. The third-order valence-corrected chi connectivity index (χ3v) is 3.87. The molecule has 94 valence electrons. The minimum Gasteiger partial charge on any atom is -0.508 e. The van der Waals surface area contributed by atoms with Crippen molar-refractivity contribution in [1.82, 2.24) is 5.32 Å². The molecule has 0 aromatic heterocycles. The van der Waals surface area contributed by atoms with Gasteiger partial charge < -0.3 is 10.4 Å². The zero-order valence-corrected chi connectivity index (χ0v) is 11.7. The standard InChI is InChI=1S/C13H18BrNO2/c1-9(2)12(14)8-15-13(17)7-10-4-3-5-11(16)6-10/h3-6,9,12,16H,7-8H2,1-2H3,(H,15,17). The molecule has 0 fully saturated rings. The Labute approximate surface area is 110 Å². The van der Waals surface area contributed by atoms with Crippen molar-refractivity contribution in [2.75, 3.05) is 6.54 Å². The summed E-state index contributed by atoms with van der Waals surface area (Å²) in [5, 5.41) is 12.1. The molecule has 0 aliphatic heterocycles. The Bertz CT molecular complexity index is 379. The molecular formula is C13H18BrNO2. The molecule has 0 saturated heterocycles. The number of hydrogen-bond acceptors (Lipinski definition) is 2. The molecule has 0 radical (unpaired) electrons. The lowest BCUT2D eigenvalue weighted by Crippen LogP contribution is -2.32. The molecule has 1 aromatic rings. The second-order valence-corrected chi connectivity index (χ2v) is 5.59. The number of benzene rings is 1. The molecular weight excluding hydrogens is 282 g/mol. The summed E-state index contributed by atoms with van der Waals surface area (Å²) in [6.45, 7) is 4.82. The van der Waals surface area contributed by atoms with E-state index in [1.54, 1.807) is 18.2 Å². The largest absolute Gasteiger partial charge is 0.508 e. The van der Waals surface area contributed by atoms with Gasteiger partial charge in [0.1, 0.15) is 5.75 Å². The maximum atomic E-state index is 11.6. The predicted molar refractivity (Wildman–Crippen MR) is 72.4 cm³/mol. The van der Waals surface area contributed by atoms with Gasteiger partial charge in [-0.1, -0.05) is 41.9 Å². The fraction of sp³-hybridized carbons (Fsp3) is 0.462. The van der Waals surface area contributed by atoms with Crippen molar-refractivity contribution < 1.29 is 9.90 Å². The van der Waals surface area contributed by atoms with Crippen LogP contribution >= 0.6 is 15.9 Å². The quantitative estimate of drug-likeness (QED) is 0.821. The predicted octanol–water partition coefficient (Wildman–Crippen LogP) is 2.47. The Morgan fingerprint density at radius 3 is 2.76 bits per heavy atom. The Hall–Kier alpha value is -1.03. The number of carbonyl (C=O) groups excluding carboxylic acids is 1. The third kappa shape index (κ3) is 5.22. The van der Waals surface area contributed by atoms with Gasteiger partial charge in [0.15, 0.2) is 0 Å². The average Bonchev–Trinajstić information content (AvgIpc) is 2.25. The van der Waals surface area contributed by atoms with Crippen LogP contribution in [0.1, 0.15) is 19.4 Å². The molecule has 0 saturated carbocycles. The molecule has 2 N–H and O–H groups in total. The zero-order valence-electron chi connectivity index (χ0n) is 10.1. The highest BCUT2D eigenvalue weighted by Crippen LogP contribution is 2.12. The lowest BCUT2D eigenvalue weighted by Gasteiger charge is -2.14. The van der Waals surface area contributed by atoms with E-state index in [4.69, 9.17) is 0 Å². The van der Waals surface area contributed by atoms with Crippen LogP contribution < -0.4 is 5.32 Å². The van der Waals surface area contributed by atoms with Crippen molar-refractivity contribution in [3.63, 3.8) is 0 Å². The fourth-order valence-corrected chi connectivity index (χ4v) is 1.52. The van der Waals surface area contributed by atoms with E-state index >= 15 is 0 Å². The number of hydrogen-bond donors (Lipinski definition) is 2. The second-order valence-electron chi connectivity index (χ2n) is 4.41. The van der Waals surface area contributed by atoms with Gasteiger partial charge in [-0.25, -0.2) is 0 Å². The first kappa shape index (κ1) is 14.0. The molecule has 0 bridgehead atoms. The molecule has 1 atom stereocenters. The molecule has 1 rings (SSSR count). The van der Waals surface area contributed by atoms with Gasteiger partial charge >= 0.3 is 0 Å². The number of rotatable bonds is 5. The van der Waals surface area contributed by atoms with Crippen molar-refractivity contribution >= 4 is 21.8 Å². The van der Waals surface area contributed by atoms with Gasteiger partial charge in [0.2, 0.25) is 5.91 Å². The summed E-state index contributed by atoms with van der Waals surface area (Å²) >= 11 is 3.51. The first-order chi connectivity index (χ1) is 7.99. The number of phenols is 1. The van der Waals surface area contributed by atoms with Gasteiger partial charge in [0, 0.05) is 11.4 Å². The molecule has 0 heterocycles. The highest BCUT2D eigenvalue weighted by atomic mass is 79.9. The maximum Gasteiger partial charge on any atom is 0.224 e. The monoisotopic (exact) mass is 299 g/mol. The van der Waals surface area contributed by atoms with E-state index in [-0.39, 0.29) is 16.5 Å². The highest BCUT2D eigenvalue weighted by molar-refractivity contribution is 9.09. The van der Waals surface area contributed by atoms with Crippen molar-refractivity contribution in [2.45, 2.75) is 25.1 Å². The van der Waals surface area contributed by atoms with Crippen LogP contribution in [0.3, 0.4) is 0 Å². The van der Waals surface area contributed by atoms with E-state index in [0.29, 0.717) is 18.9 Å². The second kappa shape index (κ2) is 6.64. The number of nitrogens with one attached hydrogen (secondary N) is 1. The number of aromatic hydroxyl groups is 1. The zero-order chi connectivity index (χ0) is 12.8. The van der Waals surface area contributed by atoms with Crippen molar-refractivity contribution in [1.29, 1.82) is 0 Å². The van der Waals surface area contributed by atoms with E-state index < -0.39 is 0 Å². The summed E-state index contributed by atoms with van der Waals surface area (Å²) in [6.07, 6.45) is 0.298. The molecule has 1 unspecified atom stereocenters. The fourth-order valence-electron chi connectivity index (χ4n) is 1.36. The Kier molecular flexibility index (Phi) is 5.48. The van der Waals surface area contributed by atoms with E-state index in [0.717, 1.165) is 5.56 Å². The van der Waals surface area contributed by atoms with E-state index in [2.05, 4.69) is 35.1 Å². The summed E-state index contributed by atoms with van der Waals surface area (Å²) in [5.41, 5.74) is 0.818. The van der Waals surface area contributed by atoms with Crippen molar-refractivity contribution in [3.05, 3.63) is 29.8 Å². The van der Waals surface area contributed by atoms with Gasteiger partial charge in [-0.05, 0) is 23.6 Å². The topological polar surface area (TPSA) is 49.3 Å². The summed E-state index contributed by atoms with van der Waals surface area (Å²) in [4.78, 5) is 11.9. The van der Waals surface area contributed by atoms with Crippen LogP contribution in [-0.4, -0.2) is 22.4 Å². The Morgan fingerprint density at radius 2 is 2.18 bits per heavy atom. The number of alkyl halides is 1. The number of phenolic OH excluding ortho intramolecular Hbond substituents is 1. The third-order valence-electron chi connectivity index (χ3n) is 2.49. The van der Waals surface area contributed by atoms with Crippen LogP contribution in [0.5, 0.6) is 5.75 Å². The van der Waals surface area contributed by atoms with E-state index in [9.17, 15) is 9.90 Å². The van der Waals surface area contributed by atoms with Gasteiger partial charge in [-0.15, -0.1) is 0 Å². The van der Waals surface area contributed by atoms with Crippen LogP contribution in [0.2, 0.25) is 0 Å². The summed E-state index contributed by atoms with van der Waals surface area (Å²) in [7, 11) is 0. The highest BCUT2D eigenvalue weighted by Gasteiger charge is 2.10. The smallest absolute Gasteiger partial charge is 0.224 e. The average molecular weight is 300 g/mol. The molecule has 0 aliphatic carbocycles. The first-order valence-corrected chi connectivity index (χ1v) is 6.59. The summed E-state index contributed by atoms with van der Waals surface area (Å²) < 4.78 is 0. The number of carbonyl (C=O) groups is 1. The summed E-state index contributed by atoms with van der Waals surface area (Å²) in [5.74, 6) is 0.646. The molecule has 0 aliphatic rings. The molecule has 17 heavy (non-hydrogen) atoms. The van der Waals surface area contributed by atoms with Crippen LogP contribution in [0.15, 0.2) is 24.3 Å². The lowest BCUT2D eigenvalue weighted by molar-refractivity contribution is -0.120. The van der Waals surface area contributed by atoms with Gasteiger partial charge in [-0.3, -0.25) is 4.79 Å². The van der Waals surface area contributed by atoms with Crippen LogP contribution in [0.25, 0.3) is 0 Å². The summed E-state index contributed by atoms with van der Waals surface area (Å²) in [6, 6.07) is 6.76. The first-order valence-electron chi connectivity index (χ1n) is 5.67.